The maximum absolute atomic E-state index is 12.0. The summed E-state index contributed by atoms with van der Waals surface area (Å²) in [5.74, 6) is 0.0318. The topological polar surface area (TPSA) is 81.5 Å². The molecule has 0 saturated carbocycles. The Morgan fingerprint density at radius 2 is 2.14 bits per heavy atom. The number of benzene rings is 1. The van der Waals surface area contributed by atoms with E-state index in [0.29, 0.717) is 4.47 Å². The number of ether oxygens (including phenoxy) is 1. The lowest BCUT2D eigenvalue weighted by Crippen LogP contribution is -2.41. The van der Waals surface area contributed by atoms with Crippen molar-refractivity contribution in [2.75, 3.05) is 0 Å². The van der Waals surface area contributed by atoms with Gasteiger partial charge in [-0.1, -0.05) is 13.3 Å². The van der Waals surface area contributed by atoms with Crippen LogP contribution < -0.4 is 10.1 Å². The van der Waals surface area contributed by atoms with Gasteiger partial charge in [0, 0.05) is 12.1 Å². The van der Waals surface area contributed by atoms with Gasteiger partial charge in [0.25, 0.3) is 11.6 Å². The van der Waals surface area contributed by atoms with Gasteiger partial charge in [-0.3, -0.25) is 14.9 Å². The van der Waals surface area contributed by atoms with Crippen LogP contribution in [-0.2, 0) is 4.79 Å². The van der Waals surface area contributed by atoms with Crippen LogP contribution in [0.4, 0.5) is 5.69 Å². The highest BCUT2D eigenvalue weighted by molar-refractivity contribution is 9.10. The van der Waals surface area contributed by atoms with Gasteiger partial charge in [0.15, 0.2) is 6.10 Å². The Morgan fingerprint density at radius 3 is 2.71 bits per heavy atom. The van der Waals surface area contributed by atoms with E-state index in [0.717, 1.165) is 12.8 Å². The van der Waals surface area contributed by atoms with E-state index >= 15 is 0 Å². The van der Waals surface area contributed by atoms with Crippen LogP contribution in [0, 0.1) is 10.1 Å². The van der Waals surface area contributed by atoms with E-state index in [1.165, 1.54) is 18.2 Å². The number of rotatable bonds is 7. The maximum Gasteiger partial charge on any atom is 0.273 e. The van der Waals surface area contributed by atoms with E-state index in [4.69, 9.17) is 4.74 Å². The maximum atomic E-state index is 12.0. The highest BCUT2D eigenvalue weighted by Crippen LogP contribution is 2.30. The molecule has 0 spiro atoms. The molecule has 0 aromatic heterocycles. The second kappa shape index (κ2) is 7.97. The van der Waals surface area contributed by atoms with Crippen molar-refractivity contribution in [3.8, 4) is 5.75 Å². The third-order valence-electron chi connectivity index (χ3n) is 2.91. The molecule has 2 atom stereocenters. The van der Waals surface area contributed by atoms with Gasteiger partial charge >= 0.3 is 0 Å². The highest BCUT2D eigenvalue weighted by atomic mass is 79.9. The zero-order chi connectivity index (χ0) is 16.0. The largest absolute Gasteiger partial charge is 0.479 e. The van der Waals surface area contributed by atoms with Crippen LogP contribution in [0.15, 0.2) is 22.7 Å². The normalized spacial score (nSPS) is 13.3. The molecular formula is C14H19BrN2O4. The number of amides is 1. The zero-order valence-corrected chi connectivity index (χ0v) is 13.8. The van der Waals surface area contributed by atoms with Crippen LogP contribution in [-0.4, -0.2) is 23.0 Å². The van der Waals surface area contributed by atoms with Gasteiger partial charge in [-0.15, -0.1) is 0 Å². The molecule has 2 unspecified atom stereocenters. The van der Waals surface area contributed by atoms with Crippen molar-refractivity contribution in [1.82, 2.24) is 5.32 Å². The minimum Gasteiger partial charge on any atom is -0.479 e. The first-order chi connectivity index (χ1) is 9.85. The lowest BCUT2D eigenvalue weighted by atomic mass is 10.2. The second-order valence-corrected chi connectivity index (χ2v) is 5.68. The molecule has 0 aliphatic carbocycles. The molecule has 1 amide bonds. The molecule has 0 radical (unpaired) electrons. The highest BCUT2D eigenvalue weighted by Gasteiger charge is 2.19. The van der Waals surface area contributed by atoms with Crippen molar-refractivity contribution < 1.29 is 14.5 Å². The van der Waals surface area contributed by atoms with Crippen LogP contribution in [0.3, 0.4) is 0 Å². The number of nitro groups is 1. The predicted molar refractivity (Wildman–Crippen MR) is 83.4 cm³/mol. The molecule has 0 heterocycles. The Hall–Kier alpha value is -1.63. The summed E-state index contributed by atoms with van der Waals surface area (Å²) in [6.45, 7) is 5.58. The minimum absolute atomic E-state index is 0.0714. The number of hydrogen-bond acceptors (Lipinski definition) is 4. The quantitative estimate of drug-likeness (QED) is 0.597. The molecule has 0 aliphatic heterocycles. The van der Waals surface area contributed by atoms with Crippen molar-refractivity contribution in [2.24, 2.45) is 0 Å². The van der Waals surface area contributed by atoms with Crippen LogP contribution in [0.25, 0.3) is 0 Å². The molecule has 1 aromatic carbocycles. The number of carbonyl (C=O) groups excluding carboxylic acids is 1. The van der Waals surface area contributed by atoms with Crippen molar-refractivity contribution in [1.29, 1.82) is 0 Å². The average molecular weight is 359 g/mol. The first-order valence-electron chi connectivity index (χ1n) is 6.76. The van der Waals surface area contributed by atoms with Gasteiger partial charge in [-0.2, -0.15) is 0 Å². The van der Waals surface area contributed by atoms with Crippen molar-refractivity contribution in [2.45, 2.75) is 45.8 Å². The second-order valence-electron chi connectivity index (χ2n) is 4.83. The van der Waals surface area contributed by atoms with Gasteiger partial charge in [0.1, 0.15) is 5.75 Å². The van der Waals surface area contributed by atoms with Crippen molar-refractivity contribution >= 4 is 27.5 Å². The predicted octanol–water partition coefficient (Wildman–Crippen LogP) is 3.43. The molecule has 0 fully saturated rings. The van der Waals surface area contributed by atoms with Crippen LogP contribution in [0.2, 0.25) is 0 Å². The van der Waals surface area contributed by atoms with E-state index in [9.17, 15) is 14.9 Å². The number of nitrogens with one attached hydrogen (secondary N) is 1. The lowest BCUT2D eigenvalue weighted by molar-refractivity contribution is -0.385. The summed E-state index contributed by atoms with van der Waals surface area (Å²) in [6, 6.07) is 4.26. The molecule has 116 valence electrons. The van der Waals surface area contributed by atoms with Crippen LogP contribution in [0.1, 0.15) is 33.6 Å². The monoisotopic (exact) mass is 358 g/mol. The summed E-state index contributed by atoms with van der Waals surface area (Å²) in [7, 11) is 0. The van der Waals surface area contributed by atoms with E-state index in [-0.39, 0.29) is 23.4 Å². The third kappa shape index (κ3) is 5.34. The Kier molecular flexibility index (Phi) is 6.61. The number of hydrogen-bond donors (Lipinski definition) is 1. The smallest absolute Gasteiger partial charge is 0.273 e. The fraction of sp³-hybridized carbons (Fsp3) is 0.500. The number of non-ortho nitro benzene ring substituents is 1. The number of nitro benzene ring substituents is 1. The third-order valence-corrected chi connectivity index (χ3v) is 3.56. The number of nitrogens with zero attached hydrogens (tertiary/aromatic N) is 1. The summed E-state index contributed by atoms with van der Waals surface area (Å²) in [6.07, 6.45) is 1.13. The Balaban J connectivity index is 2.73. The summed E-state index contributed by atoms with van der Waals surface area (Å²) in [5, 5.41) is 13.6. The van der Waals surface area contributed by atoms with Crippen molar-refractivity contribution in [3.63, 3.8) is 0 Å². The zero-order valence-electron chi connectivity index (χ0n) is 12.3. The van der Waals surface area contributed by atoms with Gasteiger partial charge in [0.2, 0.25) is 0 Å². The molecular weight excluding hydrogens is 340 g/mol. The molecule has 1 rings (SSSR count). The van der Waals surface area contributed by atoms with E-state index in [1.807, 2.05) is 13.8 Å². The lowest BCUT2D eigenvalue weighted by Gasteiger charge is -2.18. The summed E-state index contributed by atoms with van der Waals surface area (Å²) in [4.78, 5) is 22.2. The Morgan fingerprint density at radius 1 is 1.48 bits per heavy atom. The number of carbonyl (C=O) groups is 1. The minimum atomic E-state index is -0.734. The molecule has 1 N–H and O–H groups in total. The standard InChI is InChI=1S/C14H19BrN2O4/c1-4-5-9(2)16-14(18)10(3)21-13-8-11(17(19)20)6-7-12(13)15/h6-10H,4-5H2,1-3H3,(H,16,18). The Labute approximate surface area is 132 Å². The van der Waals surface area contributed by atoms with Gasteiger partial charge in [-0.05, 0) is 42.3 Å². The van der Waals surface area contributed by atoms with Gasteiger partial charge < -0.3 is 10.1 Å². The summed E-state index contributed by atoms with van der Waals surface area (Å²) in [5.41, 5.74) is -0.0832. The van der Waals surface area contributed by atoms with Gasteiger partial charge in [-0.25, -0.2) is 0 Å². The SMILES string of the molecule is CCCC(C)NC(=O)C(C)Oc1cc([N+](=O)[O-])ccc1Br. The fourth-order valence-electron chi connectivity index (χ4n) is 1.81. The molecule has 6 nitrogen and oxygen atoms in total. The van der Waals surface area contributed by atoms with Gasteiger partial charge in [0.05, 0.1) is 15.5 Å². The molecule has 0 bridgehead atoms. The Bertz CT molecular complexity index is 522. The molecule has 21 heavy (non-hydrogen) atoms. The molecule has 7 heteroatoms. The summed E-state index contributed by atoms with van der Waals surface area (Å²) < 4.78 is 6.08. The number of halogens is 1. The molecule has 0 saturated heterocycles. The first-order valence-corrected chi connectivity index (χ1v) is 7.55. The average Bonchev–Trinajstić information content (AvgIpc) is 2.40. The van der Waals surface area contributed by atoms with E-state index in [1.54, 1.807) is 6.92 Å². The first kappa shape index (κ1) is 17.4. The van der Waals surface area contributed by atoms with Crippen molar-refractivity contribution in [3.05, 3.63) is 32.8 Å². The van der Waals surface area contributed by atoms with E-state index < -0.39 is 11.0 Å². The van der Waals surface area contributed by atoms with Crippen LogP contribution >= 0.6 is 15.9 Å². The molecule has 1 aromatic rings. The van der Waals surface area contributed by atoms with E-state index in [2.05, 4.69) is 21.2 Å². The summed E-state index contributed by atoms with van der Waals surface area (Å²) >= 11 is 3.25. The molecule has 0 aliphatic rings. The fourth-order valence-corrected chi connectivity index (χ4v) is 2.15. The van der Waals surface area contributed by atoms with Crippen LogP contribution in [0.5, 0.6) is 5.75 Å².